The largest absolute Gasteiger partial charge is 0.423 e. The zero-order valence-corrected chi connectivity index (χ0v) is 14.7. The number of allylic oxidation sites excluding steroid dienone is 1. The van der Waals surface area contributed by atoms with Crippen LogP contribution in [0.15, 0.2) is 91.5 Å². The van der Waals surface area contributed by atoms with Crippen molar-refractivity contribution >= 4 is 23.9 Å². The van der Waals surface area contributed by atoms with E-state index in [1.807, 2.05) is 18.2 Å². The zero-order valence-electron chi connectivity index (χ0n) is 14.7. The standard InChI is InChI=1S/C24H18O3/c1-2-18-8-13-21(14-9-18)24(26)27-22-15-10-19(11-16-22)12-17-23(25)20-6-4-3-5-7-20/h2-17H,1H2. The molecule has 0 unspecified atom stereocenters. The number of carbonyl (C=O) groups excluding carboxylic acids is 2. The number of ketones is 1. The Morgan fingerprint density at radius 1 is 0.741 bits per heavy atom. The average molecular weight is 354 g/mol. The van der Waals surface area contributed by atoms with E-state index in [0.29, 0.717) is 16.9 Å². The van der Waals surface area contributed by atoms with Crippen molar-refractivity contribution in [2.45, 2.75) is 0 Å². The smallest absolute Gasteiger partial charge is 0.343 e. The molecule has 3 aromatic rings. The normalized spacial score (nSPS) is 10.5. The lowest BCUT2D eigenvalue weighted by Crippen LogP contribution is -2.08. The van der Waals surface area contributed by atoms with Gasteiger partial charge in [-0.15, -0.1) is 0 Å². The lowest BCUT2D eigenvalue weighted by Gasteiger charge is -2.05. The first-order chi connectivity index (χ1) is 13.2. The summed E-state index contributed by atoms with van der Waals surface area (Å²) in [5.74, 6) is -0.0402. The molecule has 0 amide bonds. The minimum Gasteiger partial charge on any atom is -0.423 e. The predicted octanol–water partition coefficient (Wildman–Crippen LogP) is 5.44. The maximum absolute atomic E-state index is 12.2. The Labute approximate surface area is 158 Å². The number of rotatable bonds is 6. The molecule has 0 spiro atoms. The topological polar surface area (TPSA) is 43.4 Å². The molecule has 0 saturated heterocycles. The van der Waals surface area contributed by atoms with Gasteiger partial charge in [0.1, 0.15) is 5.75 Å². The number of carbonyl (C=O) groups is 2. The summed E-state index contributed by atoms with van der Waals surface area (Å²) in [6.07, 6.45) is 4.97. The fraction of sp³-hybridized carbons (Fsp3) is 0. The molecule has 0 N–H and O–H groups in total. The van der Waals surface area contributed by atoms with Gasteiger partial charge in [0.25, 0.3) is 0 Å². The number of ether oxygens (including phenoxy) is 1. The summed E-state index contributed by atoms with van der Waals surface area (Å²) in [6.45, 7) is 3.68. The van der Waals surface area contributed by atoms with Crippen molar-refractivity contribution in [1.82, 2.24) is 0 Å². The van der Waals surface area contributed by atoms with E-state index >= 15 is 0 Å². The summed E-state index contributed by atoms with van der Waals surface area (Å²) in [4.78, 5) is 24.2. The van der Waals surface area contributed by atoms with Gasteiger partial charge in [-0.2, -0.15) is 0 Å². The molecule has 0 aromatic heterocycles. The van der Waals surface area contributed by atoms with Gasteiger partial charge in [0.2, 0.25) is 0 Å². The zero-order chi connectivity index (χ0) is 19.1. The molecule has 0 atom stereocenters. The van der Waals surface area contributed by atoms with Crippen LogP contribution in [0.25, 0.3) is 12.2 Å². The van der Waals surface area contributed by atoms with Crippen molar-refractivity contribution in [2.24, 2.45) is 0 Å². The van der Waals surface area contributed by atoms with Crippen LogP contribution in [-0.2, 0) is 0 Å². The molecule has 0 fully saturated rings. The molecule has 0 aliphatic heterocycles. The molecule has 3 heteroatoms. The van der Waals surface area contributed by atoms with Gasteiger partial charge in [-0.3, -0.25) is 4.79 Å². The van der Waals surface area contributed by atoms with Gasteiger partial charge in [0.15, 0.2) is 5.78 Å². The van der Waals surface area contributed by atoms with E-state index in [1.165, 1.54) is 6.08 Å². The lowest BCUT2D eigenvalue weighted by molar-refractivity contribution is 0.0734. The fourth-order valence-electron chi connectivity index (χ4n) is 2.44. The lowest BCUT2D eigenvalue weighted by atomic mass is 10.1. The number of hydrogen-bond acceptors (Lipinski definition) is 3. The van der Waals surface area contributed by atoms with Gasteiger partial charge in [0, 0.05) is 5.56 Å². The van der Waals surface area contributed by atoms with Crippen LogP contribution in [0.4, 0.5) is 0 Å². The minimum atomic E-state index is -0.423. The summed E-state index contributed by atoms with van der Waals surface area (Å²) in [6, 6.07) is 23.1. The minimum absolute atomic E-state index is 0.0610. The van der Waals surface area contributed by atoms with Gasteiger partial charge < -0.3 is 4.74 Å². The third-order valence-electron chi connectivity index (χ3n) is 3.96. The highest BCUT2D eigenvalue weighted by atomic mass is 16.5. The molecule has 0 aliphatic carbocycles. The summed E-state index contributed by atoms with van der Waals surface area (Å²) >= 11 is 0. The number of benzene rings is 3. The highest BCUT2D eigenvalue weighted by Gasteiger charge is 2.08. The summed E-state index contributed by atoms with van der Waals surface area (Å²) < 4.78 is 5.37. The van der Waals surface area contributed by atoms with E-state index in [4.69, 9.17) is 4.74 Å². The van der Waals surface area contributed by atoms with Crippen LogP contribution >= 0.6 is 0 Å². The summed E-state index contributed by atoms with van der Waals surface area (Å²) in [5.41, 5.74) is 2.89. The van der Waals surface area contributed by atoms with Gasteiger partial charge >= 0.3 is 5.97 Å². The summed E-state index contributed by atoms with van der Waals surface area (Å²) in [5, 5.41) is 0. The quantitative estimate of drug-likeness (QED) is 0.256. The molecule has 0 saturated carbocycles. The van der Waals surface area contributed by atoms with E-state index < -0.39 is 5.97 Å². The first-order valence-electron chi connectivity index (χ1n) is 8.48. The highest BCUT2D eigenvalue weighted by Crippen LogP contribution is 2.16. The second kappa shape index (κ2) is 8.59. The van der Waals surface area contributed by atoms with Crippen LogP contribution in [0.5, 0.6) is 5.75 Å². The molecule has 0 bridgehead atoms. The molecule has 0 heterocycles. The van der Waals surface area contributed by atoms with E-state index in [9.17, 15) is 9.59 Å². The van der Waals surface area contributed by atoms with Gasteiger partial charge in [0.05, 0.1) is 5.56 Å². The highest BCUT2D eigenvalue weighted by molar-refractivity contribution is 6.06. The maximum atomic E-state index is 12.2. The molecule has 0 radical (unpaired) electrons. The molecule has 3 rings (SSSR count). The number of hydrogen-bond donors (Lipinski definition) is 0. The Bertz CT molecular complexity index is 966. The Hall–Kier alpha value is -3.72. The second-order valence-electron chi connectivity index (χ2n) is 5.85. The molecule has 3 aromatic carbocycles. The van der Waals surface area contributed by atoms with E-state index in [-0.39, 0.29) is 5.78 Å². The Morgan fingerprint density at radius 3 is 2.00 bits per heavy atom. The van der Waals surface area contributed by atoms with Gasteiger partial charge in [-0.05, 0) is 41.5 Å². The van der Waals surface area contributed by atoms with Crippen molar-refractivity contribution in [3.8, 4) is 5.75 Å². The predicted molar refractivity (Wildman–Crippen MR) is 108 cm³/mol. The first-order valence-corrected chi connectivity index (χ1v) is 8.48. The monoisotopic (exact) mass is 354 g/mol. The van der Waals surface area contributed by atoms with E-state index in [0.717, 1.165) is 11.1 Å². The van der Waals surface area contributed by atoms with Crippen molar-refractivity contribution in [3.63, 3.8) is 0 Å². The van der Waals surface area contributed by atoms with Gasteiger partial charge in [-0.25, -0.2) is 4.79 Å². The molecule has 132 valence electrons. The SMILES string of the molecule is C=Cc1ccc(C(=O)Oc2ccc(C=CC(=O)c3ccccc3)cc2)cc1. The third-order valence-corrected chi connectivity index (χ3v) is 3.96. The molecular formula is C24H18O3. The first kappa shape index (κ1) is 18.1. The van der Waals surface area contributed by atoms with Crippen molar-refractivity contribution in [3.05, 3.63) is 114 Å². The van der Waals surface area contributed by atoms with Crippen molar-refractivity contribution in [1.29, 1.82) is 0 Å². The Balaban J connectivity index is 1.62. The average Bonchev–Trinajstić information content (AvgIpc) is 2.73. The second-order valence-corrected chi connectivity index (χ2v) is 5.85. The van der Waals surface area contributed by atoms with Crippen molar-refractivity contribution < 1.29 is 14.3 Å². The van der Waals surface area contributed by atoms with Crippen LogP contribution < -0.4 is 4.74 Å². The van der Waals surface area contributed by atoms with Crippen LogP contribution in [0, 0.1) is 0 Å². The van der Waals surface area contributed by atoms with Gasteiger partial charge in [-0.1, -0.05) is 73.3 Å². The van der Waals surface area contributed by atoms with Crippen LogP contribution in [-0.4, -0.2) is 11.8 Å². The molecular weight excluding hydrogens is 336 g/mol. The van der Waals surface area contributed by atoms with Crippen molar-refractivity contribution in [2.75, 3.05) is 0 Å². The molecule has 0 aliphatic rings. The van der Waals surface area contributed by atoms with Crippen LogP contribution in [0.3, 0.4) is 0 Å². The van der Waals surface area contributed by atoms with E-state index in [1.54, 1.807) is 72.8 Å². The van der Waals surface area contributed by atoms with E-state index in [2.05, 4.69) is 6.58 Å². The Morgan fingerprint density at radius 2 is 1.37 bits per heavy atom. The Kier molecular flexibility index (Phi) is 5.75. The van der Waals surface area contributed by atoms with Crippen LogP contribution in [0.1, 0.15) is 31.8 Å². The maximum Gasteiger partial charge on any atom is 0.343 e. The van der Waals surface area contributed by atoms with Crippen LogP contribution in [0.2, 0.25) is 0 Å². The molecule has 3 nitrogen and oxygen atoms in total. The number of esters is 1. The fourth-order valence-corrected chi connectivity index (χ4v) is 2.44. The molecule has 27 heavy (non-hydrogen) atoms. The summed E-state index contributed by atoms with van der Waals surface area (Å²) in [7, 11) is 0. The third kappa shape index (κ3) is 4.89.